The number of anilines is 3. The molecule has 10 nitrogen and oxygen atoms in total. The summed E-state index contributed by atoms with van der Waals surface area (Å²) in [6.07, 6.45) is 2.75. The lowest BCUT2D eigenvalue weighted by Gasteiger charge is -2.19. The Balaban J connectivity index is 1.46. The summed E-state index contributed by atoms with van der Waals surface area (Å²) in [7, 11) is -3.84. The zero-order valence-electron chi connectivity index (χ0n) is 15.5. The lowest BCUT2D eigenvalue weighted by molar-refractivity contribution is 0.102. The first-order valence-electron chi connectivity index (χ1n) is 8.83. The number of ether oxygens (including phenoxy) is 2. The lowest BCUT2D eigenvalue weighted by Crippen LogP contribution is -2.17. The number of sulfonamides is 1. The van der Waals surface area contributed by atoms with E-state index in [0.29, 0.717) is 36.1 Å². The number of hydrogen-bond acceptors (Lipinski definition) is 8. The summed E-state index contributed by atoms with van der Waals surface area (Å²) >= 11 is 0. The summed E-state index contributed by atoms with van der Waals surface area (Å²) in [5.74, 6) is 0.374. The van der Waals surface area contributed by atoms with Crippen LogP contribution < -0.4 is 25.2 Å². The largest absolute Gasteiger partial charge is 0.486 e. The van der Waals surface area contributed by atoms with Crippen molar-refractivity contribution in [3.8, 4) is 11.5 Å². The topological polar surface area (TPSA) is 146 Å². The maximum Gasteiger partial charge on any atom is 0.278 e. The molecule has 0 atom stereocenters. The maximum atomic E-state index is 12.7. The van der Waals surface area contributed by atoms with Gasteiger partial charge in [0.2, 0.25) is 0 Å². The molecule has 154 valence electrons. The van der Waals surface area contributed by atoms with Crippen molar-refractivity contribution >= 4 is 33.1 Å². The fourth-order valence-corrected chi connectivity index (χ4v) is 3.81. The molecule has 1 aliphatic heterocycles. The lowest BCUT2D eigenvalue weighted by atomic mass is 10.2. The Hall–Kier alpha value is -3.86. The first kappa shape index (κ1) is 19.5. The smallest absolute Gasteiger partial charge is 0.278 e. The number of carbonyl (C=O) groups is 1. The van der Waals surface area contributed by atoms with Crippen LogP contribution in [0.25, 0.3) is 0 Å². The third-order valence-corrected chi connectivity index (χ3v) is 5.54. The number of nitrogen functional groups attached to an aromatic ring is 1. The van der Waals surface area contributed by atoms with Gasteiger partial charge in [-0.3, -0.25) is 9.52 Å². The molecule has 1 aromatic heterocycles. The third kappa shape index (κ3) is 4.10. The van der Waals surface area contributed by atoms with Crippen LogP contribution in [0.3, 0.4) is 0 Å². The zero-order valence-corrected chi connectivity index (χ0v) is 16.3. The van der Waals surface area contributed by atoms with Crippen LogP contribution in [0.15, 0.2) is 59.8 Å². The van der Waals surface area contributed by atoms with Gasteiger partial charge in [-0.2, -0.15) is 0 Å². The molecule has 4 rings (SSSR count). The number of benzene rings is 2. The average Bonchev–Trinajstić information content (AvgIpc) is 2.75. The molecule has 0 unspecified atom stereocenters. The van der Waals surface area contributed by atoms with Crippen LogP contribution in [0, 0.1) is 0 Å². The molecule has 11 heteroatoms. The van der Waals surface area contributed by atoms with E-state index in [1.165, 1.54) is 36.7 Å². The van der Waals surface area contributed by atoms with E-state index in [0.717, 1.165) is 0 Å². The molecule has 1 amide bonds. The van der Waals surface area contributed by atoms with Crippen LogP contribution in [0.4, 0.5) is 17.2 Å². The quantitative estimate of drug-likeness (QED) is 0.559. The number of nitrogens with two attached hydrogens (primary N) is 1. The van der Waals surface area contributed by atoms with Crippen molar-refractivity contribution in [3.05, 3.63) is 60.6 Å². The summed E-state index contributed by atoms with van der Waals surface area (Å²) in [4.78, 5) is 20.0. The van der Waals surface area contributed by atoms with Gasteiger partial charge in [0.1, 0.15) is 13.2 Å². The number of nitrogens with zero attached hydrogens (tertiary/aromatic N) is 2. The van der Waals surface area contributed by atoms with Crippen molar-refractivity contribution in [1.82, 2.24) is 9.97 Å². The predicted molar refractivity (Wildman–Crippen MR) is 109 cm³/mol. The van der Waals surface area contributed by atoms with Gasteiger partial charge in [-0.05, 0) is 36.4 Å². The van der Waals surface area contributed by atoms with E-state index in [9.17, 15) is 13.2 Å². The highest BCUT2D eigenvalue weighted by Gasteiger charge is 2.19. The second-order valence-electron chi connectivity index (χ2n) is 6.23. The van der Waals surface area contributed by atoms with Gasteiger partial charge in [0.15, 0.2) is 23.0 Å². The molecule has 4 N–H and O–H groups in total. The number of hydrogen-bond donors (Lipinski definition) is 3. The second kappa shape index (κ2) is 7.87. The van der Waals surface area contributed by atoms with Crippen molar-refractivity contribution in [2.45, 2.75) is 4.90 Å². The van der Waals surface area contributed by atoms with Crippen molar-refractivity contribution in [2.75, 3.05) is 29.0 Å². The first-order chi connectivity index (χ1) is 14.4. The van der Waals surface area contributed by atoms with Crippen LogP contribution in [0.2, 0.25) is 0 Å². The Labute approximate surface area is 172 Å². The molecular formula is C19H17N5O5S. The molecule has 3 aromatic rings. The Bertz CT molecular complexity index is 1200. The van der Waals surface area contributed by atoms with Crippen LogP contribution in [-0.4, -0.2) is 37.5 Å². The summed E-state index contributed by atoms with van der Waals surface area (Å²) in [5, 5.41) is 2.63. The Kier molecular flexibility index (Phi) is 5.11. The van der Waals surface area contributed by atoms with Gasteiger partial charge in [-0.25, -0.2) is 18.4 Å². The van der Waals surface area contributed by atoms with Crippen LogP contribution in [-0.2, 0) is 10.0 Å². The standard InChI is InChI=1S/C19H17N5O5S/c20-18-17(21-7-8-22-18)19(25)23-12-1-3-13(4-2-12)24-30(26,27)14-5-6-15-16(11-14)29-10-9-28-15/h1-8,11,24H,9-10H2,(H2,20,22)(H,23,25). The normalized spacial score (nSPS) is 12.8. The summed E-state index contributed by atoms with van der Waals surface area (Å²) in [6.45, 7) is 0.779. The van der Waals surface area contributed by atoms with Gasteiger partial charge >= 0.3 is 0 Å². The van der Waals surface area contributed by atoms with E-state index in [2.05, 4.69) is 20.0 Å². The van der Waals surface area contributed by atoms with E-state index >= 15 is 0 Å². The Morgan fingerprint density at radius 3 is 2.33 bits per heavy atom. The number of fused-ring (bicyclic) bond motifs is 1. The molecule has 2 aromatic carbocycles. The SMILES string of the molecule is Nc1nccnc1C(=O)Nc1ccc(NS(=O)(=O)c2ccc3c(c2)OCCO3)cc1. The summed E-state index contributed by atoms with van der Waals surface area (Å²) < 4.78 is 38.6. The van der Waals surface area contributed by atoms with Crippen LogP contribution in [0.1, 0.15) is 10.5 Å². The number of carbonyl (C=O) groups excluding carboxylic acids is 1. The molecule has 0 aliphatic carbocycles. The molecule has 0 saturated heterocycles. The molecule has 1 aliphatic rings. The predicted octanol–water partition coefficient (Wildman–Crippen LogP) is 1.88. The Morgan fingerprint density at radius 2 is 1.60 bits per heavy atom. The highest BCUT2D eigenvalue weighted by atomic mass is 32.2. The van der Waals surface area contributed by atoms with E-state index in [4.69, 9.17) is 15.2 Å². The maximum absolute atomic E-state index is 12.7. The van der Waals surface area contributed by atoms with Gasteiger partial charge in [-0.1, -0.05) is 0 Å². The summed E-state index contributed by atoms with van der Waals surface area (Å²) in [6, 6.07) is 10.5. The van der Waals surface area contributed by atoms with Gasteiger partial charge in [-0.15, -0.1) is 0 Å². The van der Waals surface area contributed by atoms with Crippen LogP contribution in [0.5, 0.6) is 11.5 Å². The minimum absolute atomic E-state index is 0.000822. The summed E-state index contributed by atoms with van der Waals surface area (Å²) in [5.41, 5.74) is 6.40. The fraction of sp³-hybridized carbons (Fsp3) is 0.105. The van der Waals surface area contributed by atoms with E-state index in [-0.39, 0.29) is 16.4 Å². The molecule has 0 spiro atoms. The second-order valence-corrected chi connectivity index (χ2v) is 7.92. The Morgan fingerprint density at radius 1 is 0.933 bits per heavy atom. The molecular weight excluding hydrogens is 410 g/mol. The number of rotatable bonds is 5. The van der Waals surface area contributed by atoms with Gasteiger partial charge in [0, 0.05) is 29.8 Å². The van der Waals surface area contributed by atoms with E-state index in [1.807, 2.05) is 0 Å². The van der Waals surface area contributed by atoms with Crippen molar-refractivity contribution < 1.29 is 22.7 Å². The minimum atomic E-state index is -3.84. The van der Waals surface area contributed by atoms with Gasteiger partial charge < -0.3 is 20.5 Å². The highest BCUT2D eigenvalue weighted by Crippen LogP contribution is 2.32. The molecule has 0 saturated carbocycles. The number of aromatic nitrogens is 2. The minimum Gasteiger partial charge on any atom is -0.486 e. The molecule has 2 heterocycles. The highest BCUT2D eigenvalue weighted by molar-refractivity contribution is 7.92. The first-order valence-corrected chi connectivity index (χ1v) is 10.3. The number of nitrogens with one attached hydrogen (secondary N) is 2. The zero-order chi connectivity index (χ0) is 21.1. The van der Waals surface area contributed by atoms with Gasteiger partial charge in [0.05, 0.1) is 4.90 Å². The van der Waals surface area contributed by atoms with E-state index < -0.39 is 15.9 Å². The molecule has 0 bridgehead atoms. The van der Waals surface area contributed by atoms with Crippen molar-refractivity contribution in [1.29, 1.82) is 0 Å². The average molecular weight is 427 g/mol. The van der Waals surface area contributed by atoms with Crippen molar-refractivity contribution in [2.24, 2.45) is 0 Å². The molecule has 0 fully saturated rings. The molecule has 0 radical (unpaired) electrons. The monoisotopic (exact) mass is 427 g/mol. The fourth-order valence-electron chi connectivity index (χ4n) is 2.74. The van der Waals surface area contributed by atoms with Gasteiger partial charge in [0.25, 0.3) is 15.9 Å². The molecule has 30 heavy (non-hydrogen) atoms. The van der Waals surface area contributed by atoms with Crippen molar-refractivity contribution in [3.63, 3.8) is 0 Å². The van der Waals surface area contributed by atoms with E-state index in [1.54, 1.807) is 18.2 Å². The van der Waals surface area contributed by atoms with Crippen LogP contribution >= 0.6 is 0 Å². The number of amides is 1. The third-order valence-electron chi connectivity index (χ3n) is 4.16.